The number of para-hydroxylation sites is 1. The molecule has 16 heavy (non-hydrogen) atoms. The van der Waals surface area contributed by atoms with Crippen molar-refractivity contribution in [2.45, 2.75) is 20.3 Å². The van der Waals surface area contributed by atoms with Crippen molar-refractivity contribution in [2.24, 2.45) is 0 Å². The summed E-state index contributed by atoms with van der Waals surface area (Å²) in [6, 6.07) is 7.33. The number of rotatable bonds is 2. The molecule has 1 heterocycles. The van der Waals surface area contributed by atoms with Crippen molar-refractivity contribution >= 4 is 16.8 Å². The first-order valence-corrected chi connectivity index (χ1v) is 5.10. The van der Waals surface area contributed by atoms with Crippen LogP contribution in [-0.4, -0.2) is 5.78 Å². The van der Waals surface area contributed by atoms with Crippen LogP contribution in [0, 0.1) is 6.92 Å². The molecule has 82 valence electrons. The van der Waals surface area contributed by atoms with Crippen molar-refractivity contribution in [1.82, 2.24) is 0 Å². The number of fused-ring (bicyclic) bond motifs is 1. The summed E-state index contributed by atoms with van der Waals surface area (Å²) in [4.78, 5) is 22.7. The van der Waals surface area contributed by atoms with E-state index in [1.165, 1.54) is 6.92 Å². The van der Waals surface area contributed by atoms with Crippen LogP contribution in [0.15, 0.2) is 33.5 Å². The van der Waals surface area contributed by atoms with Gasteiger partial charge in [-0.25, -0.2) is 4.79 Å². The van der Waals surface area contributed by atoms with E-state index in [1.54, 1.807) is 6.07 Å². The molecule has 0 unspecified atom stereocenters. The van der Waals surface area contributed by atoms with Crippen molar-refractivity contribution in [3.05, 3.63) is 45.8 Å². The van der Waals surface area contributed by atoms with E-state index < -0.39 is 5.63 Å². The Morgan fingerprint density at radius 2 is 2.00 bits per heavy atom. The molecule has 0 fully saturated rings. The minimum atomic E-state index is -0.411. The summed E-state index contributed by atoms with van der Waals surface area (Å²) < 4.78 is 5.17. The van der Waals surface area contributed by atoms with Crippen LogP contribution in [0.2, 0.25) is 0 Å². The Morgan fingerprint density at radius 3 is 2.69 bits per heavy atom. The molecule has 0 atom stereocenters. The fourth-order valence-electron chi connectivity index (χ4n) is 1.80. The van der Waals surface area contributed by atoms with E-state index in [1.807, 2.05) is 25.1 Å². The number of Topliss-reactive ketones (excluding diaryl/α,β-unsaturated/α-hetero) is 1. The number of carbonyl (C=O) groups is 1. The highest BCUT2D eigenvalue weighted by Gasteiger charge is 2.12. The smallest absolute Gasteiger partial charge is 0.340 e. The quantitative estimate of drug-likeness (QED) is 0.723. The minimum Gasteiger partial charge on any atom is -0.423 e. The number of aryl methyl sites for hydroxylation is 1. The molecule has 2 rings (SSSR count). The molecule has 0 N–H and O–H groups in total. The van der Waals surface area contributed by atoms with E-state index in [0.29, 0.717) is 11.1 Å². The zero-order valence-corrected chi connectivity index (χ0v) is 9.24. The number of hydrogen-bond donors (Lipinski definition) is 0. The Bertz CT molecular complexity index is 608. The Kier molecular flexibility index (Phi) is 2.60. The van der Waals surface area contributed by atoms with Gasteiger partial charge in [0, 0.05) is 17.4 Å². The van der Waals surface area contributed by atoms with E-state index in [-0.39, 0.29) is 12.2 Å². The summed E-state index contributed by atoms with van der Waals surface area (Å²) in [5.74, 6) is -0.0364. The zero-order valence-electron chi connectivity index (χ0n) is 9.24. The van der Waals surface area contributed by atoms with Crippen LogP contribution in [0.5, 0.6) is 0 Å². The fraction of sp³-hybridized carbons (Fsp3) is 0.231. The molecule has 0 saturated carbocycles. The lowest BCUT2D eigenvalue weighted by Gasteiger charge is -2.05. The molecule has 0 aliphatic rings. The topological polar surface area (TPSA) is 47.3 Å². The molecule has 3 heteroatoms. The summed E-state index contributed by atoms with van der Waals surface area (Å²) in [5, 5.41) is 0.887. The molecule has 0 bridgehead atoms. The van der Waals surface area contributed by atoms with Crippen LogP contribution in [0.1, 0.15) is 18.1 Å². The first-order chi connectivity index (χ1) is 7.59. The summed E-state index contributed by atoms with van der Waals surface area (Å²) >= 11 is 0. The molecular weight excluding hydrogens is 204 g/mol. The lowest BCUT2D eigenvalue weighted by Crippen LogP contribution is -2.13. The standard InChI is InChI=1S/C13H12O3/c1-8(14)7-11-9(2)10-5-3-4-6-12(10)16-13(11)15/h3-6H,7H2,1-2H3. The summed E-state index contributed by atoms with van der Waals surface area (Å²) in [6.07, 6.45) is 0.138. The van der Waals surface area contributed by atoms with E-state index in [2.05, 4.69) is 0 Å². The Morgan fingerprint density at radius 1 is 1.31 bits per heavy atom. The predicted octanol–water partition coefficient (Wildman–Crippen LogP) is 2.23. The number of hydrogen-bond acceptors (Lipinski definition) is 3. The molecule has 0 radical (unpaired) electrons. The van der Waals surface area contributed by atoms with E-state index in [0.717, 1.165) is 10.9 Å². The van der Waals surface area contributed by atoms with Crippen molar-refractivity contribution in [1.29, 1.82) is 0 Å². The SMILES string of the molecule is CC(=O)Cc1c(C)c2ccccc2oc1=O. The van der Waals surface area contributed by atoms with Gasteiger partial charge in [0.2, 0.25) is 0 Å². The second kappa shape index (κ2) is 3.93. The predicted molar refractivity (Wildman–Crippen MR) is 61.6 cm³/mol. The molecule has 0 saturated heterocycles. The van der Waals surface area contributed by atoms with Gasteiger partial charge in [0.15, 0.2) is 0 Å². The Labute approximate surface area is 92.7 Å². The van der Waals surface area contributed by atoms with Gasteiger partial charge in [-0.05, 0) is 25.5 Å². The number of carbonyl (C=O) groups excluding carboxylic acids is 1. The van der Waals surface area contributed by atoms with E-state index in [9.17, 15) is 9.59 Å². The van der Waals surface area contributed by atoms with Gasteiger partial charge in [0.25, 0.3) is 0 Å². The van der Waals surface area contributed by atoms with Crippen molar-refractivity contribution in [3.63, 3.8) is 0 Å². The average molecular weight is 216 g/mol. The fourth-order valence-corrected chi connectivity index (χ4v) is 1.80. The van der Waals surface area contributed by atoms with Gasteiger partial charge in [-0.3, -0.25) is 4.79 Å². The van der Waals surface area contributed by atoms with Crippen molar-refractivity contribution < 1.29 is 9.21 Å². The van der Waals surface area contributed by atoms with E-state index >= 15 is 0 Å². The maximum atomic E-state index is 11.7. The summed E-state index contributed by atoms with van der Waals surface area (Å²) in [7, 11) is 0. The van der Waals surface area contributed by atoms with Gasteiger partial charge in [-0.1, -0.05) is 18.2 Å². The van der Waals surface area contributed by atoms with Gasteiger partial charge in [0.05, 0.1) is 0 Å². The lowest BCUT2D eigenvalue weighted by atomic mass is 10.0. The maximum absolute atomic E-state index is 11.7. The first-order valence-electron chi connectivity index (χ1n) is 5.10. The van der Waals surface area contributed by atoms with Crippen LogP contribution >= 0.6 is 0 Å². The van der Waals surface area contributed by atoms with E-state index in [4.69, 9.17) is 4.42 Å². The first kappa shape index (κ1) is 10.6. The van der Waals surface area contributed by atoms with Gasteiger partial charge < -0.3 is 4.42 Å². The molecule has 1 aromatic carbocycles. The molecule has 0 amide bonds. The second-order valence-electron chi connectivity index (χ2n) is 3.87. The Balaban J connectivity index is 2.75. The third kappa shape index (κ3) is 1.76. The third-order valence-corrected chi connectivity index (χ3v) is 2.62. The van der Waals surface area contributed by atoms with Gasteiger partial charge in [-0.15, -0.1) is 0 Å². The normalized spacial score (nSPS) is 10.6. The van der Waals surface area contributed by atoms with Crippen LogP contribution in [0.25, 0.3) is 11.0 Å². The van der Waals surface area contributed by atoms with Crippen LogP contribution in [-0.2, 0) is 11.2 Å². The van der Waals surface area contributed by atoms with Crippen LogP contribution in [0.3, 0.4) is 0 Å². The summed E-state index contributed by atoms with van der Waals surface area (Å²) in [5.41, 5.74) is 1.46. The Hall–Kier alpha value is -1.90. The maximum Gasteiger partial charge on any atom is 0.340 e. The molecule has 0 aliphatic carbocycles. The largest absolute Gasteiger partial charge is 0.423 e. The second-order valence-corrected chi connectivity index (χ2v) is 3.87. The van der Waals surface area contributed by atoms with Crippen molar-refractivity contribution in [2.75, 3.05) is 0 Å². The number of benzene rings is 1. The molecule has 1 aromatic heterocycles. The highest BCUT2D eigenvalue weighted by atomic mass is 16.4. The van der Waals surface area contributed by atoms with Crippen molar-refractivity contribution in [3.8, 4) is 0 Å². The summed E-state index contributed by atoms with van der Waals surface area (Å²) in [6.45, 7) is 3.31. The van der Waals surface area contributed by atoms with Gasteiger partial charge >= 0.3 is 5.63 Å². The van der Waals surface area contributed by atoms with Gasteiger partial charge in [-0.2, -0.15) is 0 Å². The minimum absolute atomic E-state index is 0.0364. The molecular formula is C13H12O3. The van der Waals surface area contributed by atoms with Crippen LogP contribution < -0.4 is 5.63 Å². The van der Waals surface area contributed by atoms with Crippen LogP contribution in [0.4, 0.5) is 0 Å². The molecule has 0 spiro atoms. The number of ketones is 1. The molecule has 3 nitrogen and oxygen atoms in total. The van der Waals surface area contributed by atoms with Gasteiger partial charge in [0.1, 0.15) is 11.4 Å². The third-order valence-electron chi connectivity index (χ3n) is 2.62. The zero-order chi connectivity index (χ0) is 11.7. The molecule has 0 aliphatic heterocycles. The average Bonchev–Trinajstić information content (AvgIpc) is 2.24. The highest BCUT2D eigenvalue weighted by Crippen LogP contribution is 2.19. The monoisotopic (exact) mass is 216 g/mol. The molecule has 2 aromatic rings. The highest BCUT2D eigenvalue weighted by molar-refractivity contribution is 5.84. The lowest BCUT2D eigenvalue weighted by molar-refractivity contribution is -0.116.